The molecule has 1 unspecified atom stereocenters. The minimum Gasteiger partial charge on any atom is -0.384 e. The molecular weight excluding hydrogens is 224 g/mol. The van der Waals surface area contributed by atoms with Gasteiger partial charge in [0, 0.05) is 36.5 Å². The Morgan fingerprint density at radius 3 is 2.61 bits per heavy atom. The molecule has 2 rings (SSSR count). The Morgan fingerprint density at radius 2 is 2.00 bits per heavy atom. The van der Waals surface area contributed by atoms with Crippen LogP contribution in [0.2, 0.25) is 0 Å². The summed E-state index contributed by atoms with van der Waals surface area (Å²) in [5, 5.41) is 0. The van der Waals surface area contributed by atoms with Crippen molar-refractivity contribution < 1.29 is 4.74 Å². The maximum Gasteiger partial charge on any atom is 0.0516 e. The summed E-state index contributed by atoms with van der Waals surface area (Å²) < 4.78 is 5.11. The van der Waals surface area contributed by atoms with E-state index in [1.807, 2.05) is 25.1 Å². The molecule has 3 heteroatoms. The van der Waals surface area contributed by atoms with Crippen LogP contribution in [0.5, 0.6) is 0 Å². The normalized spacial score (nSPS) is 12.6. The predicted octanol–water partition coefficient (Wildman–Crippen LogP) is 2.89. The van der Waals surface area contributed by atoms with Crippen molar-refractivity contribution in [2.75, 3.05) is 13.7 Å². The maximum atomic E-state index is 6.03. The molecule has 18 heavy (non-hydrogen) atoms. The first-order chi connectivity index (χ1) is 8.72. The summed E-state index contributed by atoms with van der Waals surface area (Å²) in [6.07, 6.45) is 0.878. The SMILES string of the molecule is COCCc1cc(-c2ccccc2)c(C(C)N)[nH]1. The van der Waals surface area contributed by atoms with Crippen LogP contribution in [-0.2, 0) is 11.2 Å². The van der Waals surface area contributed by atoms with Gasteiger partial charge in [-0.2, -0.15) is 0 Å². The van der Waals surface area contributed by atoms with Gasteiger partial charge in [-0.05, 0) is 18.6 Å². The van der Waals surface area contributed by atoms with E-state index in [2.05, 4.69) is 23.2 Å². The zero-order valence-electron chi connectivity index (χ0n) is 10.9. The molecular formula is C15H20N2O. The summed E-state index contributed by atoms with van der Waals surface area (Å²) in [4.78, 5) is 3.41. The third-order valence-corrected chi connectivity index (χ3v) is 3.02. The van der Waals surface area contributed by atoms with Crippen molar-refractivity contribution in [1.29, 1.82) is 0 Å². The fourth-order valence-electron chi connectivity index (χ4n) is 2.09. The molecule has 3 N–H and O–H groups in total. The molecule has 0 aliphatic carbocycles. The monoisotopic (exact) mass is 244 g/mol. The quantitative estimate of drug-likeness (QED) is 0.849. The zero-order chi connectivity index (χ0) is 13.0. The van der Waals surface area contributed by atoms with Gasteiger partial charge in [0.05, 0.1) is 6.61 Å². The van der Waals surface area contributed by atoms with E-state index in [9.17, 15) is 0 Å². The molecule has 1 heterocycles. The van der Waals surface area contributed by atoms with Gasteiger partial charge in [0.15, 0.2) is 0 Å². The first-order valence-electron chi connectivity index (χ1n) is 6.24. The molecule has 1 aromatic heterocycles. The largest absolute Gasteiger partial charge is 0.384 e. The van der Waals surface area contributed by atoms with Gasteiger partial charge >= 0.3 is 0 Å². The van der Waals surface area contributed by atoms with E-state index in [4.69, 9.17) is 10.5 Å². The highest BCUT2D eigenvalue weighted by Crippen LogP contribution is 2.28. The number of benzene rings is 1. The molecule has 2 aromatic rings. The van der Waals surface area contributed by atoms with Gasteiger partial charge in [-0.25, -0.2) is 0 Å². The van der Waals surface area contributed by atoms with Crippen LogP contribution in [0.15, 0.2) is 36.4 Å². The number of hydrogen-bond donors (Lipinski definition) is 2. The van der Waals surface area contributed by atoms with Crippen LogP contribution in [0.4, 0.5) is 0 Å². The van der Waals surface area contributed by atoms with Crippen molar-refractivity contribution in [1.82, 2.24) is 4.98 Å². The average Bonchev–Trinajstić information content (AvgIpc) is 2.82. The standard InChI is InChI=1S/C15H20N2O/c1-11(16)15-14(12-6-4-3-5-7-12)10-13(17-15)8-9-18-2/h3-7,10-11,17H,8-9,16H2,1-2H3. The van der Waals surface area contributed by atoms with Crippen molar-refractivity contribution in [3.63, 3.8) is 0 Å². The topological polar surface area (TPSA) is 51.0 Å². The molecule has 0 radical (unpaired) electrons. The highest BCUT2D eigenvalue weighted by Gasteiger charge is 2.12. The molecule has 0 bridgehead atoms. The number of methoxy groups -OCH3 is 1. The van der Waals surface area contributed by atoms with Crippen LogP contribution in [-0.4, -0.2) is 18.7 Å². The number of aromatic amines is 1. The lowest BCUT2D eigenvalue weighted by atomic mass is 10.0. The smallest absolute Gasteiger partial charge is 0.0516 e. The van der Waals surface area contributed by atoms with Gasteiger partial charge in [-0.15, -0.1) is 0 Å². The lowest BCUT2D eigenvalue weighted by Gasteiger charge is -2.07. The van der Waals surface area contributed by atoms with Gasteiger partial charge in [0.1, 0.15) is 0 Å². The van der Waals surface area contributed by atoms with Crippen LogP contribution < -0.4 is 5.73 Å². The van der Waals surface area contributed by atoms with E-state index in [1.54, 1.807) is 7.11 Å². The van der Waals surface area contributed by atoms with Crippen molar-refractivity contribution in [3.8, 4) is 11.1 Å². The molecule has 1 aromatic carbocycles. The zero-order valence-corrected chi connectivity index (χ0v) is 10.9. The second-order valence-electron chi connectivity index (χ2n) is 4.52. The summed E-state index contributed by atoms with van der Waals surface area (Å²) in [6.45, 7) is 2.71. The number of H-pyrrole nitrogens is 1. The Kier molecular flexibility index (Phi) is 4.18. The van der Waals surface area contributed by atoms with Crippen molar-refractivity contribution in [3.05, 3.63) is 47.8 Å². The summed E-state index contributed by atoms with van der Waals surface area (Å²) in [5.74, 6) is 0. The number of nitrogens with one attached hydrogen (secondary N) is 1. The molecule has 0 spiro atoms. The molecule has 0 amide bonds. The van der Waals surface area contributed by atoms with E-state index in [1.165, 1.54) is 16.8 Å². The number of nitrogens with two attached hydrogens (primary N) is 1. The Labute approximate surface area is 108 Å². The van der Waals surface area contributed by atoms with Gasteiger partial charge < -0.3 is 15.5 Å². The third-order valence-electron chi connectivity index (χ3n) is 3.02. The summed E-state index contributed by atoms with van der Waals surface area (Å²) in [6, 6.07) is 12.5. The van der Waals surface area contributed by atoms with Gasteiger partial charge in [-0.1, -0.05) is 30.3 Å². The van der Waals surface area contributed by atoms with Crippen LogP contribution in [0.3, 0.4) is 0 Å². The van der Waals surface area contributed by atoms with E-state index < -0.39 is 0 Å². The van der Waals surface area contributed by atoms with Crippen LogP contribution in [0, 0.1) is 0 Å². The molecule has 0 saturated heterocycles. The van der Waals surface area contributed by atoms with Crippen molar-refractivity contribution in [2.24, 2.45) is 5.73 Å². The Bertz CT molecular complexity index is 488. The molecule has 1 atom stereocenters. The Hall–Kier alpha value is -1.58. The first kappa shape index (κ1) is 12.9. The van der Waals surface area contributed by atoms with E-state index in [0.717, 1.165) is 12.1 Å². The predicted molar refractivity (Wildman–Crippen MR) is 74.4 cm³/mol. The lowest BCUT2D eigenvalue weighted by molar-refractivity contribution is 0.201. The Morgan fingerprint density at radius 1 is 1.28 bits per heavy atom. The Balaban J connectivity index is 2.36. The summed E-state index contributed by atoms with van der Waals surface area (Å²) in [5.41, 5.74) is 10.7. The van der Waals surface area contributed by atoms with E-state index in [-0.39, 0.29) is 6.04 Å². The lowest BCUT2D eigenvalue weighted by Crippen LogP contribution is -2.07. The summed E-state index contributed by atoms with van der Waals surface area (Å²) >= 11 is 0. The average molecular weight is 244 g/mol. The van der Waals surface area contributed by atoms with E-state index >= 15 is 0 Å². The van der Waals surface area contributed by atoms with Crippen molar-refractivity contribution >= 4 is 0 Å². The molecule has 0 aliphatic heterocycles. The van der Waals surface area contributed by atoms with Crippen molar-refractivity contribution in [2.45, 2.75) is 19.4 Å². The molecule has 0 aliphatic rings. The highest BCUT2D eigenvalue weighted by atomic mass is 16.5. The number of rotatable bonds is 5. The van der Waals surface area contributed by atoms with Gasteiger partial charge in [0.25, 0.3) is 0 Å². The highest BCUT2D eigenvalue weighted by molar-refractivity contribution is 5.67. The molecule has 0 saturated carbocycles. The van der Waals surface area contributed by atoms with Crippen LogP contribution in [0.1, 0.15) is 24.4 Å². The first-order valence-corrected chi connectivity index (χ1v) is 6.24. The third kappa shape index (κ3) is 2.81. The second kappa shape index (κ2) is 5.85. The molecule has 0 fully saturated rings. The number of aromatic nitrogens is 1. The number of ether oxygens (including phenoxy) is 1. The van der Waals surface area contributed by atoms with Crippen LogP contribution in [0.25, 0.3) is 11.1 Å². The fraction of sp³-hybridized carbons (Fsp3) is 0.333. The molecule has 96 valence electrons. The summed E-state index contributed by atoms with van der Waals surface area (Å²) in [7, 11) is 1.72. The number of hydrogen-bond acceptors (Lipinski definition) is 2. The molecule has 3 nitrogen and oxygen atoms in total. The fourth-order valence-corrected chi connectivity index (χ4v) is 2.09. The minimum atomic E-state index is -0.00324. The van der Waals surface area contributed by atoms with E-state index in [0.29, 0.717) is 6.61 Å². The van der Waals surface area contributed by atoms with Crippen LogP contribution >= 0.6 is 0 Å². The van der Waals surface area contributed by atoms with Gasteiger partial charge in [0.2, 0.25) is 0 Å². The second-order valence-corrected chi connectivity index (χ2v) is 4.52. The minimum absolute atomic E-state index is 0.00324. The van der Waals surface area contributed by atoms with Gasteiger partial charge in [-0.3, -0.25) is 0 Å². The maximum absolute atomic E-state index is 6.03.